The van der Waals surface area contributed by atoms with Gasteiger partial charge in [-0.15, -0.1) is 0 Å². The summed E-state index contributed by atoms with van der Waals surface area (Å²) in [4.78, 5) is 4.55. The summed E-state index contributed by atoms with van der Waals surface area (Å²) in [5.41, 5.74) is 8.35. The highest BCUT2D eigenvalue weighted by Gasteiger charge is 2.15. The van der Waals surface area contributed by atoms with Crippen LogP contribution in [0.25, 0.3) is 11.1 Å². The molecule has 0 aliphatic heterocycles. The second kappa shape index (κ2) is 9.62. The minimum Gasteiger partial charge on any atom is -0.345 e. The SMILES string of the molecule is CN(c1ccccc1)c1ccc(N(C2=CCCC=C2)c2ccc(-c3ccccc3)cc2)cc1. The van der Waals surface area contributed by atoms with Gasteiger partial charge in [0.15, 0.2) is 0 Å². The Bertz CT molecular complexity index is 1240. The predicted octanol–water partition coefficient (Wildman–Crippen LogP) is 8.49. The third kappa shape index (κ3) is 4.61. The zero-order valence-corrected chi connectivity index (χ0v) is 18.9. The summed E-state index contributed by atoms with van der Waals surface area (Å²) < 4.78 is 0. The van der Waals surface area contributed by atoms with E-state index in [1.54, 1.807) is 0 Å². The van der Waals surface area contributed by atoms with E-state index >= 15 is 0 Å². The Hall–Kier alpha value is -4.04. The lowest BCUT2D eigenvalue weighted by Gasteiger charge is -2.28. The molecule has 2 heteroatoms. The van der Waals surface area contributed by atoms with Crippen molar-refractivity contribution >= 4 is 22.7 Å². The van der Waals surface area contributed by atoms with Crippen molar-refractivity contribution in [3.05, 3.63) is 133 Å². The Morgan fingerprint density at radius 3 is 1.64 bits per heavy atom. The van der Waals surface area contributed by atoms with E-state index in [0.29, 0.717) is 0 Å². The van der Waals surface area contributed by atoms with Crippen LogP contribution in [-0.2, 0) is 0 Å². The van der Waals surface area contributed by atoms with Crippen LogP contribution in [0.3, 0.4) is 0 Å². The van der Waals surface area contributed by atoms with Crippen LogP contribution >= 0.6 is 0 Å². The van der Waals surface area contributed by atoms with Gasteiger partial charge >= 0.3 is 0 Å². The molecule has 0 atom stereocenters. The Morgan fingerprint density at radius 2 is 1.03 bits per heavy atom. The highest BCUT2D eigenvalue weighted by Crippen LogP contribution is 2.35. The molecular formula is C31H28N2. The first kappa shape index (κ1) is 20.8. The molecule has 4 aromatic rings. The molecule has 0 heterocycles. The maximum Gasteiger partial charge on any atom is 0.0462 e. The third-order valence-electron chi connectivity index (χ3n) is 6.10. The van der Waals surface area contributed by atoms with Gasteiger partial charge in [-0.05, 0) is 78.6 Å². The lowest BCUT2D eigenvalue weighted by molar-refractivity contribution is 0.997. The normalized spacial score (nSPS) is 12.8. The van der Waals surface area contributed by atoms with Crippen molar-refractivity contribution in [2.45, 2.75) is 12.8 Å². The Kier molecular flexibility index (Phi) is 6.08. The minimum atomic E-state index is 1.07. The first-order valence-electron chi connectivity index (χ1n) is 11.5. The van der Waals surface area contributed by atoms with E-state index in [1.165, 1.54) is 22.5 Å². The summed E-state index contributed by atoms with van der Waals surface area (Å²) in [6, 6.07) is 38.7. The highest BCUT2D eigenvalue weighted by atomic mass is 15.1. The number of hydrogen-bond acceptors (Lipinski definition) is 2. The van der Waals surface area contributed by atoms with Gasteiger partial charge < -0.3 is 9.80 Å². The first-order chi connectivity index (χ1) is 16.3. The lowest BCUT2D eigenvalue weighted by atomic mass is 10.0. The van der Waals surface area contributed by atoms with E-state index in [4.69, 9.17) is 0 Å². The van der Waals surface area contributed by atoms with E-state index in [2.05, 4.69) is 138 Å². The molecule has 5 rings (SSSR count). The Labute approximate surface area is 196 Å². The minimum absolute atomic E-state index is 1.07. The number of nitrogens with zero attached hydrogens (tertiary/aromatic N) is 2. The van der Waals surface area contributed by atoms with Crippen LogP contribution < -0.4 is 9.80 Å². The average Bonchev–Trinajstić information content (AvgIpc) is 2.91. The number of allylic oxidation sites excluding steroid dienone is 3. The summed E-state index contributed by atoms with van der Waals surface area (Å²) in [5, 5.41) is 0. The second-order valence-electron chi connectivity index (χ2n) is 8.27. The molecule has 162 valence electrons. The first-order valence-corrected chi connectivity index (χ1v) is 11.5. The van der Waals surface area contributed by atoms with E-state index < -0.39 is 0 Å². The fourth-order valence-corrected chi connectivity index (χ4v) is 4.27. The van der Waals surface area contributed by atoms with Crippen molar-refractivity contribution in [1.82, 2.24) is 0 Å². The standard InChI is InChI=1S/C31H28N2/c1-32(27-13-7-3-8-14-27)28-21-23-31(24-22-28)33(29-15-9-4-10-16-29)30-19-17-26(18-20-30)25-11-5-2-6-12-25/h2-3,5-9,11-24H,4,10H2,1H3. The molecule has 0 aromatic heterocycles. The summed E-state index contributed by atoms with van der Waals surface area (Å²) >= 11 is 0. The molecule has 0 spiro atoms. The number of anilines is 4. The molecule has 2 nitrogen and oxygen atoms in total. The molecule has 1 aliphatic rings. The van der Waals surface area contributed by atoms with Crippen LogP contribution in [0.4, 0.5) is 22.7 Å². The topological polar surface area (TPSA) is 6.48 Å². The molecular weight excluding hydrogens is 400 g/mol. The van der Waals surface area contributed by atoms with E-state index in [-0.39, 0.29) is 0 Å². The summed E-state index contributed by atoms with van der Waals surface area (Å²) in [5.74, 6) is 0. The average molecular weight is 429 g/mol. The van der Waals surface area contributed by atoms with Gasteiger partial charge in [-0.3, -0.25) is 0 Å². The predicted molar refractivity (Wildman–Crippen MR) is 141 cm³/mol. The smallest absolute Gasteiger partial charge is 0.0462 e. The van der Waals surface area contributed by atoms with E-state index in [9.17, 15) is 0 Å². The number of para-hydroxylation sites is 1. The maximum absolute atomic E-state index is 2.34. The van der Waals surface area contributed by atoms with Gasteiger partial charge in [0.25, 0.3) is 0 Å². The highest BCUT2D eigenvalue weighted by molar-refractivity contribution is 5.75. The van der Waals surface area contributed by atoms with Gasteiger partial charge in [-0.25, -0.2) is 0 Å². The molecule has 0 unspecified atom stereocenters. The maximum atomic E-state index is 2.34. The van der Waals surface area contributed by atoms with Crippen molar-refractivity contribution in [3.63, 3.8) is 0 Å². The number of hydrogen-bond donors (Lipinski definition) is 0. The largest absolute Gasteiger partial charge is 0.345 e. The number of benzene rings is 4. The quantitative estimate of drug-likeness (QED) is 0.304. The number of rotatable bonds is 6. The fourth-order valence-electron chi connectivity index (χ4n) is 4.27. The van der Waals surface area contributed by atoms with Crippen molar-refractivity contribution in [3.8, 4) is 11.1 Å². The van der Waals surface area contributed by atoms with Crippen LogP contribution in [0.1, 0.15) is 12.8 Å². The van der Waals surface area contributed by atoms with Crippen molar-refractivity contribution in [2.75, 3.05) is 16.8 Å². The van der Waals surface area contributed by atoms with Gasteiger partial charge in [0.2, 0.25) is 0 Å². The molecule has 33 heavy (non-hydrogen) atoms. The van der Waals surface area contributed by atoms with Crippen molar-refractivity contribution in [2.24, 2.45) is 0 Å². The molecule has 0 N–H and O–H groups in total. The lowest BCUT2D eigenvalue weighted by Crippen LogP contribution is -2.16. The van der Waals surface area contributed by atoms with Crippen LogP contribution in [0.2, 0.25) is 0 Å². The van der Waals surface area contributed by atoms with Crippen molar-refractivity contribution in [1.29, 1.82) is 0 Å². The van der Waals surface area contributed by atoms with Crippen LogP contribution in [0.5, 0.6) is 0 Å². The fraction of sp³-hybridized carbons (Fsp3) is 0.0968. The molecule has 4 aromatic carbocycles. The molecule has 0 fully saturated rings. The zero-order valence-electron chi connectivity index (χ0n) is 18.9. The van der Waals surface area contributed by atoms with Gasteiger partial charge in [0.1, 0.15) is 0 Å². The monoisotopic (exact) mass is 428 g/mol. The molecule has 0 saturated heterocycles. The second-order valence-corrected chi connectivity index (χ2v) is 8.27. The molecule has 0 amide bonds. The van der Waals surface area contributed by atoms with Crippen molar-refractivity contribution < 1.29 is 0 Å². The van der Waals surface area contributed by atoms with Crippen LogP contribution in [0.15, 0.2) is 133 Å². The molecule has 0 saturated carbocycles. The van der Waals surface area contributed by atoms with Gasteiger partial charge in [-0.2, -0.15) is 0 Å². The van der Waals surface area contributed by atoms with Crippen LogP contribution in [-0.4, -0.2) is 7.05 Å². The summed E-state index contributed by atoms with van der Waals surface area (Å²) in [7, 11) is 2.11. The molecule has 1 aliphatic carbocycles. The van der Waals surface area contributed by atoms with Gasteiger partial charge in [0, 0.05) is 35.5 Å². The zero-order chi connectivity index (χ0) is 22.5. The van der Waals surface area contributed by atoms with E-state index in [0.717, 1.165) is 29.9 Å². The Balaban J connectivity index is 1.47. The molecule has 0 radical (unpaired) electrons. The summed E-state index contributed by atoms with van der Waals surface area (Å²) in [6.45, 7) is 0. The van der Waals surface area contributed by atoms with Crippen LogP contribution in [0, 0.1) is 0 Å². The van der Waals surface area contributed by atoms with Gasteiger partial charge in [-0.1, -0.05) is 72.8 Å². The van der Waals surface area contributed by atoms with Gasteiger partial charge in [0.05, 0.1) is 0 Å². The third-order valence-corrected chi connectivity index (χ3v) is 6.10. The van der Waals surface area contributed by atoms with E-state index in [1.807, 2.05) is 6.07 Å². The molecule has 0 bridgehead atoms. The summed E-state index contributed by atoms with van der Waals surface area (Å²) in [6.07, 6.45) is 9.00. The Morgan fingerprint density at radius 1 is 0.515 bits per heavy atom.